The second-order valence-electron chi connectivity index (χ2n) is 8.28. The highest BCUT2D eigenvalue weighted by Gasteiger charge is 2.40. The van der Waals surface area contributed by atoms with Crippen LogP contribution in [0.3, 0.4) is 0 Å². The Balaban J connectivity index is 1.74. The van der Waals surface area contributed by atoms with Crippen LogP contribution in [0.25, 0.3) is 11.3 Å². The number of nitriles is 1. The van der Waals surface area contributed by atoms with Gasteiger partial charge in [-0.3, -0.25) is 4.79 Å². The van der Waals surface area contributed by atoms with E-state index in [1.165, 1.54) is 12.1 Å². The predicted octanol–water partition coefficient (Wildman–Crippen LogP) is 1.23. The lowest BCUT2D eigenvalue weighted by Gasteiger charge is -2.23. The largest absolute Gasteiger partial charge is 0.480 e. The number of benzene rings is 1. The summed E-state index contributed by atoms with van der Waals surface area (Å²) >= 11 is 0. The average Bonchev–Trinajstić information content (AvgIpc) is 3.29. The van der Waals surface area contributed by atoms with Crippen LogP contribution in [-0.4, -0.2) is 62.7 Å². The molecular weight excluding hydrogens is 437 g/mol. The van der Waals surface area contributed by atoms with Crippen molar-refractivity contribution in [1.82, 2.24) is 19.7 Å². The Kier molecular flexibility index (Phi) is 6.04. The normalized spacial score (nSPS) is 16.6. The number of aliphatic hydroxyl groups excluding tert-OH is 1. The molecule has 0 aliphatic carbocycles. The maximum absolute atomic E-state index is 11.1. The maximum Gasteiger partial charge on any atom is 0.329 e. The predicted molar refractivity (Wildman–Crippen MR) is 124 cm³/mol. The number of aliphatic hydroxyl groups is 1. The fourth-order valence-electron chi connectivity index (χ4n) is 4.10. The van der Waals surface area contributed by atoms with Gasteiger partial charge in [-0.2, -0.15) is 10.4 Å². The van der Waals surface area contributed by atoms with Crippen molar-refractivity contribution in [3.05, 3.63) is 47.3 Å². The van der Waals surface area contributed by atoms with Crippen molar-refractivity contribution in [1.29, 1.82) is 5.26 Å². The highest BCUT2D eigenvalue weighted by molar-refractivity contribution is 6.70. The number of aliphatic carboxylic acids is 1. The molecule has 34 heavy (non-hydrogen) atoms. The van der Waals surface area contributed by atoms with E-state index in [0.29, 0.717) is 46.8 Å². The summed E-state index contributed by atoms with van der Waals surface area (Å²) in [5.41, 5.74) is 2.81. The molecule has 12 heteroatoms. The van der Waals surface area contributed by atoms with E-state index in [-0.39, 0.29) is 19.1 Å². The quantitative estimate of drug-likeness (QED) is 0.331. The van der Waals surface area contributed by atoms with E-state index in [0.717, 1.165) is 5.56 Å². The van der Waals surface area contributed by atoms with Gasteiger partial charge in [-0.15, -0.1) is 0 Å². The lowest BCUT2D eigenvalue weighted by Crippen LogP contribution is -2.36. The van der Waals surface area contributed by atoms with Crippen LogP contribution in [-0.2, 0) is 21.5 Å². The minimum atomic E-state index is -1.03. The van der Waals surface area contributed by atoms with Gasteiger partial charge in [0.05, 0.1) is 23.6 Å². The number of nitrogens with zero attached hydrogens (tertiary/aromatic N) is 6. The van der Waals surface area contributed by atoms with Crippen LogP contribution in [0.2, 0.25) is 0 Å². The summed E-state index contributed by atoms with van der Waals surface area (Å²) in [6.45, 7) is 3.49. The highest BCUT2D eigenvalue weighted by atomic mass is 16.4. The van der Waals surface area contributed by atoms with Gasteiger partial charge in [0.2, 0.25) is 5.95 Å². The molecule has 1 radical (unpaired) electrons. The van der Waals surface area contributed by atoms with Crippen LogP contribution < -0.4 is 10.1 Å². The van der Waals surface area contributed by atoms with Gasteiger partial charge in [-0.25, -0.2) is 14.6 Å². The van der Waals surface area contributed by atoms with E-state index >= 15 is 0 Å². The number of carbonyl (C=O) groups excluding carboxylic acids is 1. The number of anilines is 3. The molecule has 2 aromatic heterocycles. The van der Waals surface area contributed by atoms with Crippen LogP contribution >= 0.6 is 0 Å². The highest BCUT2D eigenvalue weighted by Crippen LogP contribution is 2.44. The Hall–Kier alpha value is -4.24. The Bertz CT molecular complexity index is 1320. The molecule has 1 atom stereocenters. The zero-order chi connectivity index (χ0) is 24.5. The van der Waals surface area contributed by atoms with Crippen LogP contribution in [0.15, 0.2) is 30.5 Å². The van der Waals surface area contributed by atoms with Gasteiger partial charge in [-0.1, -0.05) is 6.92 Å². The molecule has 3 N–H and O–H groups in total. The van der Waals surface area contributed by atoms with Crippen LogP contribution in [0.4, 0.5) is 17.5 Å². The van der Waals surface area contributed by atoms with Crippen molar-refractivity contribution < 1.29 is 19.8 Å². The first-order chi connectivity index (χ1) is 16.3. The standard InChI is InChI=1S/C22H21BN7O4/c1-13-5-18(30(28-13)9-19(33)34)27-21-25-4-3-17(26-21)14-6-15(8-24)20-16(7-14)22(2,11-31)10-29(20)23-12-32/h3-7,12,31H,9-11H2,1-2H3,(H,33,34)(H,25,26,27)/t22-/m1/s1. The Morgan fingerprint density at radius 1 is 1.41 bits per heavy atom. The molecule has 0 bridgehead atoms. The number of carbonyl (C=O) groups is 2. The Morgan fingerprint density at radius 3 is 2.88 bits per heavy atom. The summed E-state index contributed by atoms with van der Waals surface area (Å²) in [6.07, 6.45) is 2.20. The van der Waals surface area contributed by atoms with E-state index in [4.69, 9.17) is 5.11 Å². The van der Waals surface area contributed by atoms with Crippen molar-refractivity contribution >= 4 is 37.0 Å². The SMILES string of the molecule is Cc1cc(Nc2nccc(-c3cc(C#N)c4c(c3)[C@@](C)(CO)CN4[B]C=O)n2)n(CC(=O)O)n1. The van der Waals surface area contributed by atoms with Gasteiger partial charge in [0.15, 0.2) is 0 Å². The summed E-state index contributed by atoms with van der Waals surface area (Å²) in [7, 11) is 1.36. The van der Waals surface area contributed by atoms with Crippen LogP contribution in [0, 0.1) is 18.3 Å². The molecule has 1 aliphatic rings. The Morgan fingerprint density at radius 2 is 2.21 bits per heavy atom. The third-order valence-electron chi connectivity index (χ3n) is 5.66. The van der Waals surface area contributed by atoms with Crippen molar-refractivity contribution in [2.24, 2.45) is 0 Å². The van der Waals surface area contributed by atoms with Crippen molar-refractivity contribution in [2.45, 2.75) is 25.8 Å². The lowest BCUT2D eigenvalue weighted by molar-refractivity contribution is -0.137. The molecule has 3 aromatic rings. The van der Waals surface area contributed by atoms with Crippen LogP contribution in [0.1, 0.15) is 23.7 Å². The second kappa shape index (κ2) is 8.95. The van der Waals surface area contributed by atoms with E-state index in [1.54, 1.807) is 36.1 Å². The number of aromatic nitrogens is 4. The van der Waals surface area contributed by atoms with Crippen molar-refractivity contribution in [3.8, 4) is 17.3 Å². The fraction of sp³-hybridized carbons (Fsp3) is 0.273. The summed E-state index contributed by atoms with van der Waals surface area (Å²) in [5.74, 6) is -0.378. The second-order valence-corrected chi connectivity index (χ2v) is 8.28. The third kappa shape index (κ3) is 4.21. The molecule has 0 spiro atoms. The van der Waals surface area contributed by atoms with Gasteiger partial charge in [-0.05, 0) is 30.7 Å². The number of hydrogen-bond donors (Lipinski definition) is 3. The first kappa shape index (κ1) is 22.9. The molecule has 0 fully saturated rings. The molecule has 171 valence electrons. The van der Waals surface area contributed by atoms with E-state index in [9.17, 15) is 20.0 Å². The van der Waals surface area contributed by atoms with Gasteiger partial charge in [0.25, 0.3) is 0 Å². The molecule has 0 saturated heterocycles. The first-order valence-corrected chi connectivity index (χ1v) is 10.4. The summed E-state index contributed by atoms with van der Waals surface area (Å²) < 4.78 is 1.31. The number of rotatable bonds is 8. The smallest absolute Gasteiger partial charge is 0.329 e. The molecule has 0 amide bonds. The fourth-order valence-corrected chi connectivity index (χ4v) is 4.10. The molecule has 4 rings (SSSR count). The van der Waals surface area contributed by atoms with Gasteiger partial charge in [0.1, 0.15) is 24.6 Å². The van der Waals surface area contributed by atoms with E-state index in [1.807, 2.05) is 13.0 Å². The van der Waals surface area contributed by atoms with Gasteiger partial charge in [0, 0.05) is 35.5 Å². The van der Waals surface area contributed by atoms with Crippen LogP contribution in [0.5, 0.6) is 0 Å². The van der Waals surface area contributed by atoms with Gasteiger partial charge >= 0.3 is 13.4 Å². The molecule has 0 saturated carbocycles. The number of aryl methyl sites for hydroxylation is 1. The van der Waals surface area contributed by atoms with Crippen molar-refractivity contribution in [2.75, 3.05) is 23.3 Å². The van der Waals surface area contributed by atoms with E-state index in [2.05, 4.69) is 26.5 Å². The van der Waals surface area contributed by atoms with E-state index < -0.39 is 11.4 Å². The summed E-state index contributed by atoms with van der Waals surface area (Å²) in [5, 5.41) is 36.2. The summed E-state index contributed by atoms with van der Waals surface area (Å²) in [4.78, 5) is 32.7. The topological polar surface area (TPSA) is 157 Å². The molecule has 1 aliphatic heterocycles. The summed E-state index contributed by atoms with van der Waals surface area (Å²) in [6, 6.07) is 9.10. The third-order valence-corrected chi connectivity index (χ3v) is 5.66. The average molecular weight is 458 g/mol. The number of carboxylic acid groups (broad SMARTS) is 1. The van der Waals surface area contributed by atoms with Gasteiger partial charge < -0.3 is 25.1 Å². The maximum atomic E-state index is 11.1. The molecule has 1 aromatic carbocycles. The minimum Gasteiger partial charge on any atom is -0.480 e. The molecular formula is C22H21BN7O4. The number of carboxylic acids is 1. The Labute approximate surface area is 195 Å². The number of nitrogens with one attached hydrogen (secondary N) is 1. The molecule has 11 nitrogen and oxygen atoms in total. The number of hydrogen-bond acceptors (Lipinski definition) is 9. The minimum absolute atomic E-state index is 0.166. The molecule has 3 heterocycles. The zero-order valence-corrected chi connectivity index (χ0v) is 18.6. The lowest BCUT2D eigenvalue weighted by atomic mass is 9.83. The number of fused-ring (bicyclic) bond motifs is 1. The van der Waals surface area contributed by atoms with Crippen molar-refractivity contribution in [3.63, 3.8) is 0 Å². The zero-order valence-electron chi connectivity index (χ0n) is 18.6. The first-order valence-electron chi connectivity index (χ1n) is 10.4. The molecule has 0 unspecified atom stereocenters. The monoisotopic (exact) mass is 458 g/mol.